The normalized spacial score (nSPS) is 13.6. The Labute approximate surface area is 141 Å². The Balaban J connectivity index is 3.52. The third-order valence-corrected chi connectivity index (χ3v) is 7.31. The van der Waals surface area contributed by atoms with Crippen molar-refractivity contribution in [2.75, 3.05) is 11.6 Å². The van der Waals surface area contributed by atoms with Crippen molar-refractivity contribution in [1.29, 1.82) is 0 Å². The first-order valence-electron chi connectivity index (χ1n) is 4.93. The van der Waals surface area contributed by atoms with Crippen molar-refractivity contribution in [3.63, 3.8) is 0 Å². The molecule has 9 heteroatoms. The number of hydrogen-bond acceptors (Lipinski definition) is 2. The van der Waals surface area contributed by atoms with Gasteiger partial charge < -0.3 is 0 Å². The maximum Gasteiger partial charge on any atom is 0.181 e. The highest BCUT2D eigenvalue weighted by molar-refractivity contribution is 7.91. The Morgan fingerprint density at radius 1 is 0.895 bits per heavy atom. The van der Waals surface area contributed by atoms with Gasteiger partial charge in [-0.15, -0.1) is 11.6 Å². The second kappa shape index (κ2) is 6.78. The van der Waals surface area contributed by atoms with Crippen LogP contribution in [0.3, 0.4) is 0 Å². The third-order valence-electron chi connectivity index (χ3n) is 2.25. The van der Waals surface area contributed by atoms with Crippen molar-refractivity contribution < 1.29 is 8.42 Å². The molecule has 0 spiro atoms. The van der Waals surface area contributed by atoms with E-state index >= 15 is 0 Å². The summed E-state index contributed by atoms with van der Waals surface area (Å²) >= 11 is 34.9. The lowest BCUT2D eigenvalue weighted by molar-refractivity contribution is 0.583. The van der Waals surface area contributed by atoms with Gasteiger partial charge >= 0.3 is 0 Å². The van der Waals surface area contributed by atoms with Crippen molar-refractivity contribution in [3.8, 4) is 0 Å². The van der Waals surface area contributed by atoms with E-state index < -0.39 is 9.84 Å². The van der Waals surface area contributed by atoms with Gasteiger partial charge in [0, 0.05) is 5.88 Å². The molecule has 0 aromatic heterocycles. The first-order chi connectivity index (χ1) is 8.63. The number of alkyl halides is 1. The molecule has 108 valence electrons. The highest BCUT2D eigenvalue weighted by Gasteiger charge is 2.29. The minimum absolute atomic E-state index is 0.0809. The largest absolute Gasteiger partial charge is 0.224 e. The maximum atomic E-state index is 12.3. The molecule has 0 saturated carbocycles. The van der Waals surface area contributed by atoms with Crippen LogP contribution in [0.5, 0.6) is 0 Å². The minimum Gasteiger partial charge on any atom is -0.224 e. The van der Waals surface area contributed by atoms with Crippen LogP contribution < -0.4 is 0 Å². The molecule has 1 atom stereocenters. The summed E-state index contributed by atoms with van der Waals surface area (Å²) in [5, 5.41) is -0.835. The average molecular weight is 405 g/mol. The second-order valence-electron chi connectivity index (χ2n) is 3.94. The van der Waals surface area contributed by atoms with E-state index in [0.29, 0.717) is 0 Å². The van der Waals surface area contributed by atoms with E-state index in [1.807, 2.05) is 0 Å². The lowest BCUT2D eigenvalue weighted by Gasteiger charge is -2.14. The summed E-state index contributed by atoms with van der Waals surface area (Å²) < 4.78 is 24.5. The van der Waals surface area contributed by atoms with Crippen LogP contribution in [0.1, 0.15) is 6.92 Å². The Hall–Kier alpha value is 0.910. The van der Waals surface area contributed by atoms with Crippen LogP contribution >= 0.6 is 69.6 Å². The van der Waals surface area contributed by atoms with E-state index in [0.717, 1.165) is 0 Å². The SMILES string of the molecule is CC(CCl)CS(=O)(=O)c1c(Cl)c(Cl)c(Cl)c(Cl)c1Cl. The van der Waals surface area contributed by atoms with Crippen LogP contribution in [0.4, 0.5) is 0 Å². The van der Waals surface area contributed by atoms with Crippen LogP contribution in [0.15, 0.2) is 4.90 Å². The van der Waals surface area contributed by atoms with Crippen molar-refractivity contribution in [2.45, 2.75) is 11.8 Å². The Morgan fingerprint density at radius 2 is 1.26 bits per heavy atom. The van der Waals surface area contributed by atoms with Crippen LogP contribution in [-0.2, 0) is 9.84 Å². The molecular weight excluding hydrogens is 397 g/mol. The monoisotopic (exact) mass is 402 g/mol. The van der Waals surface area contributed by atoms with Gasteiger partial charge in [0.15, 0.2) is 9.84 Å². The highest BCUT2D eigenvalue weighted by Crippen LogP contribution is 2.46. The van der Waals surface area contributed by atoms with E-state index in [4.69, 9.17) is 69.6 Å². The molecule has 1 rings (SSSR count). The molecule has 0 saturated heterocycles. The molecule has 2 nitrogen and oxygen atoms in total. The average Bonchev–Trinajstić information content (AvgIpc) is 2.33. The molecule has 0 fully saturated rings. The second-order valence-corrected chi connectivity index (χ2v) is 8.11. The molecule has 1 unspecified atom stereocenters. The molecule has 0 aliphatic carbocycles. The smallest absolute Gasteiger partial charge is 0.181 e. The highest BCUT2D eigenvalue weighted by atomic mass is 35.5. The van der Waals surface area contributed by atoms with Gasteiger partial charge in [0.05, 0.1) is 30.9 Å². The molecule has 0 bridgehead atoms. The number of halogens is 6. The van der Waals surface area contributed by atoms with Gasteiger partial charge in [-0.25, -0.2) is 8.42 Å². The van der Waals surface area contributed by atoms with E-state index in [9.17, 15) is 8.42 Å². The van der Waals surface area contributed by atoms with Crippen molar-refractivity contribution in [3.05, 3.63) is 25.1 Å². The van der Waals surface area contributed by atoms with Gasteiger partial charge in [-0.05, 0) is 5.92 Å². The summed E-state index contributed by atoms with van der Waals surface area (Å²) in [4.78, 5) is -0.313. The van der Waals surface area contributed by atoms with E-state index in [2.05, 4.69) is 0 Å². The van der Waals surface area contributed by atoms with Gasteiger partial charge in [0.1, 0.15) is 4.90 Å². The molecule has 0 N–H and O–H groups in total. The number of hydrogen-bond donors (Lipinski definition) is 0. The summed E-state index contributed by atoms with van der Waals surface area (Å²) in [6.45, 7) is 1.69. The first kappa shape index (κ1) is 18.0. The van der Waals surface area contributed by atoms with Gasteiger partial charge in [0.25, 0.3) is 0 Å². The van der Waals surface area contributed by atoms with Crippen LogP contribution in [-0.4, -0.2) is 20.1 Å². The summed E-state index contributed by atoms with van der Waals surface area (Å²) in [6.07, 6.45) is 0. The zero-order chi connectivity index (χ0) is 15.0. The lowest BCUT2D eigenvalue weighted by atomic mass is 10.3. The van der Waals surface area contributed by atoms with Crippen molar-refractivity contribution in [1.82, 2.24) is 0 Å². The van der Waals surface area contributed by atoms with Gasteiger partial charge in [0.2, 0.25) is 0 Å². The van der Waals surface area contributed by atoms with Gasteiger partial charge in [-0.1, -0.05) is 64.9 Å². The third kappa shape index (κ3) is 3.76. The molecule has 0 amide bonds. The fourth-order valence-electron chi connectivity index (χ4n) is 1.36. The molecule has 1 aromatic rings. The van der Waals surface area contributed by atoms with E-state index in [1.54, 1.807) is 6.92 Å². The Bertz CT molecular complexity index is 570. The molecule has 0 radical (unpaired) electrons. The molecule has 1 aromatic carbocycles. The van der Waals surface area contributed by atoms with Gasteiger partial charge in [-0.3, -0.25) is 0 Å². The van der Waals surface area contributed by atoms with E-state index in [-0.39, 0.29) is 47.6 Å². The van der Waals surface area contributed by atoms with Crippen LogP contribution in [0.25, 0.3) is 0 Å². The first-order valence-corrected chi connectivity index (χ1v) is 9.01. The summed E-state index contributed by atoms with van der Waals surface area (Å²) in [5.74, 6) is -0.305. The minimum atomic E-state index is -3.77. The molecule has 0 aliphatic rings. The van der Waals surface area contributed by atoms with Crippen molar-refractivity contribution in [2.24, 2.45) is 5.92 Å². The standard InChI is InChI=1S/C10H8Cl6O2S/c1-4(2-11)3-19(17,18)10-8(15)6(13)5(12)7(14)9(10)16/h4H,2-3H2,1H3. The Kier molecular flexibility index (Phi) is 6.41. The summed E-state index contributed by atoms with van der Waals surface area (Å²) in [6, 6.07) is 0. The fourth-order valence-corrected chi connectivity index (χ4v) is 5.34. The van der Waals surface area contributed by atoms with Gasteiger partial charge in [-0.2, -0.15) is 0 Å². The zero-order valence-electron chi connectivity index (χ0n) is 9.48. The zero-order valence-corrected chi connectivity index (χ0v) is 14.8. The molecule has 19 heavy (non-hydrogen) atoms. The quantitative estimate of drug-likeness (QED) is 0.371. The predicted octanol–water partition coefficient (Wildman–Crippen LogP) is 5.60. The predicted molar refractivity (Wildman–Crippen MR) is 83.4 cm³/mol. The number of sulfone groups is 1. The molecule has 0 aliphatic heterocycles. The molecule has 0 heterocycles. The fraction of sp³-hybridized carbons (Fsp3) is 0.400. The Morgan fingerprint density at radius 3 is 1.63 bits per heavy atom. The topological polar surface area (TPSA) is 34.1 Å². The van der Waals surface area contributed by atoms with Crippen molar-refractivity contribution >= 4 is 79.4 Å². The molecular formula is C10H8Cl6O2S. The summed E-state index contributed by atoms with van der Waals surface area (Å²) in [5.41, 5.74) is 0. The number of benzene rings is 1. The number of rotatable bonds is 4. The lowest BCUT2D eigenvalue weighted by Crippen LogP contribution is -2.16. The summed E-state index contributed by atoms with van der Waals surface area (Å²) in [7, 11) is -3.77. The van der Waals surface area contributed by atoms with E-state index in [1.165, 1.54) is 0 Å². The maximum absolute atomic E-state index is 12.3. The van der Waals surface area contributed by atoms with Crippen LogP contribution in [0, 0.1) is 5.92 Å². The van der Waals surface area contributed by atoms with Crippen LogP contribution in [0.2, 0.25) is 25.1 Å².